The summed E-state index contributed by atoms with van der Waals surface area (Å²) in [5.41, 5.74) is 0.331. The molecular formula is C24H39NO3. The number of carboxylic acids is 1. The second-order valence-corrected chi connectivity index (χ2v) is 7.24. The molecule has 0 unspecified atom stereocenters. The molecule has 1 N–H and O–H groups in total. The summed E-state index contributed by atoms with van der Waals surface area (Å²) in [6.45, 7) is 2.94. The highest BCUT2D eigenvalue weighted by atomic mass is 16.4. The lowest BCUT2D eigenvalue weighted by molar-refractivity contribution is 0.0697. The largest absolute Gasteiger partial charge is 0.478 e. The predicted octanol–water partition coefficient (Wildman–Crippen LogP) is 7.19. The number of aliphatic imine (C=N–C) groups is 1. The van der Waals surface area contributed by atoms with Crippen molar-refractivity contribution >= 4 is 12.0 Å². The van der Waals surface area contributed by atoms with Crippen LogP contribution in [0.5, 0.6) is 0 Å². The number of unbranched alkanes of at least 4 members (excludes halogenated alkanes) is 13. The average molecular weight is 390 g/mol. The maximum Gasteiger partial charge on any atom is 0.335 e. The first-order valence-electron chi connectivity index (χ1n) is 11.0. The third-order valence-corrected chi connectivity index (χ3v) is 4.71. The molecule has 0 aliphatic heterocycles. The summed E-state index contributed by atoms with van der Waals surface area (Å²) in [5.74, 6) is -0.879. The van der Waals surface area contributed by atoms with Gasteiger partial charge in [-0.1, -0.05) is 109 Å². The van der Waals surface area contributed by atoms with Crippen LogP contribution in [0.15, 0.2) is 35.3 Å². The SMILES string of the molecule is CCCCCCCCCCCCCCCCN=C=O.O=C(O)c1ccccc1. The van der Waals surface area contributed by atoms with Gasteiger partial charge in [-0.05, 0) is 18.6 Å². The summed E-state index contributed by atoms with van der Waals surface area (Å²) < 4.78 is 0. The molecule has 0 radical (unpaired) electrons. The van der Waals surface area contributed by atoms with E-state index in [1.165, 1.54) is 83.5 Å². The van der Waals surface area contributed by atoms with Crippen molar-refractivity contribution in [3.63, 3.8) is 0 Å². The van der Waals surface area contributed by atoms with Crippen LogP contribution in [0.25, 0.3) is 0 Å². The Hall–Kier alpha value is -1.93. The molecule has 1 rings (SSSR count). The fraction of sp³-hybridized carbons (Fsp3) is 0.667. The van der Waals surface area contributed by atoms with Gasteiger partial charge in [-0.3, -0.25) is 0 Å². The molecule has 0 atom stereocenters. The van der Waals surface area contributed by atoms with Crippen molar-refractivity contribution in [1.82, 2.24) is 0 Å². The minimum atomic E-state index is -0.879. The first kappa shape index (κ1) is 26.1. The van der Waals surface area contributed by atoms with Crippen LogP contribution in [0.3, 0.4) is 0 Å². The second-order valence-electron chi connectivity index (χ2n) is 7.24. The summed E-state index contributed by atoms with van der Waals surface area (Å²) in [4.78, 5) is 23.6. The number of isocyanates is 1. The third-order valence-electron chi connectivity index (χ3n) is 4.71. The van der Waals surface area contributed by atoms with Crippen molar-refractivity contribution in [2.24, 2.45) is 4.99 Å². The van der Waals surface area contributed by atoms with Gasteiger partial charge in [-0.2, -0.15) is 0 Å². The van der Waals surface area contributed by atoms with Crippen molar-refractivity contribution in [3.05, 3.63) is 35.9 Å². The molecule has 4 nitrogen and oxygen atoms in total. The minimum Gasteiger partial charge on any atom is -0.478 e. The predicted molar refractivity (Wildman–Crippen MR) is 117 cm³/mol. The van der Waals surface area contributed by atoms with Gasteiger partial charge < -0.3 is 5.11 Å². The topological polar surface area (TPSA) is 66.7 Å². The molecule has 0 fully saturated rings. The quantitative estimate of drug-likeness (QED) is 0.185. The standard InChI is InChI=1S/C17H33NO.C7H6O2/c1-2-3-4-5-6-7-8-9-10-11-12-13-14-15-16-18-17-19;8-7(9)6-4-2-1-3-5-6/h2-16H2,1H3;1-5H,(H,8,9). The van der Waals surface area contributed by atoms with Crippen LogP contribution < -0.4 is 0 Å². The van der Waals surface area contributed by atoms with Crippen LogP contribution in [0, 0.1) is 0 Å². The van der Waals surface area contributed by atoms with E-state index in [0.717, 1.165) is 6.42 Å². The zero-order chi connectivity index (χ0) is 20.7. The average Bonchev–Trinajstić information content (AvgIpc) is 2.72. The Labute approximate surface area is 171 Å². The highest BCUT2D eigenvalue weighted by Crippen LogP contribution is 2.12. The van der Waals surface area contributed by atoms with Gasteiger partial charge in [0.05, 0.1) is 12.1 Å². The van der Waals surface area contributed by atoms with Gasteiger partial charge in [0.25, 0.3) is 0 Å². The zero-order valence-corrected chi connectivity index (χ0v) is 17.7. The number of hydrogen-bond acceptors (Lipinski definition) is 3. The Morgan fingerprint density at radius 2 is 1.21 bits per heavy atom. The summed E-state index contributed by atoms with van der Waals surface area (Å²) >= 11 is 0. The number of hydrogen-bond donors (Lipinski definition) is 1. The lowest BCUT2D eigenvalue weighted by atomic mass is 10.0. The molecule has 0 heterocycles. The number of carbonyl (C=O) groups is 1. The molecule has 0 amide bonds. The molecule has 0 bridgehead atoms. The Balaban J connectivity index is 0.000000668. The van der Waals surface area contributed by atoms with Gasteiger partial charge in [0.2, 0.25) is 6.08 Å². The molecular weight excluding hydrogens is 350 g/mol. The second kappa shape index (κ2) is 21.4. The first-order valence-corrected chi connectivity index (χ1v) is 11.0. The van der Waals surface area contributed by atoms with Gasteiger partial charge in [0.15, 0.2) is 0 Å². The molecule has 0 aliphatic rings. The monoisotopic (exact) mass is 389 g/mol. The Morgan fingerprint density at radius 1 is 0.786 bits per heavy atom. The Kier molecular flexibility index (Phi) is 19.9. The van der Waals surface area contributed by atoms with Crippen LogP contribution in [0.2, 0.25) is 0 Å². The molecule has 0 aromatic heterocycles. The van der Waals surface area contributed by atoms with E-state index in [0.29, 0.717) is 12.1 Å². The van der Waals surface area contributed by atoms with E-state index in [1.54, 1.807) is 36.4 Å². The molecule has 158 valence electrons. The van der Waals surface area contributed by atoms with E-state index in [2.05, 4.69) is 11.9 Å². The van der Waals surface area contributed by atoms with Gasteiger partial charge in [0, 0.05) is 0 Å². The van der Waals surface area contributed by atoms with E-state index in [9.17, 15) is 9.59 Å². The van der Waals surface area contributed by atoms with Crippen LogP contribution in [0.1, 0.15) is 107 Å². The molecule has 1 aromatic rings. The van der Waals surface area contributed by atoms with Crippen molar-refractivity contribution < 1.29 is 14.7 Å². The summed E-state index contributed by atoms with van der Waals surface area (Å²) in [7, 11) is 0. The molecule has 0 spiro atoms. The Bertz CT molecular complexity index is 510. The first-order chi connectivity index (χ1) is 13.7. The fourth-order valence-electron chi connectivity index (χ4n) is 3.01. The summed E-state index contributed by atoms with van der Waals surface area (Å²) in [5, 5.41) is 8.38. The molecule has 28 heavy (non-hydrogen) atoms. The van der Waals surface area contributed by atoms with Crippen LogP contribution in [0.4, 0.5) is 0 Å². The molecule has 4 heteroatoms. The maximum atomic E-state index is 10.2. The minimum absolute atomic E-state index is 0.331. The number of carboxylic acid groups (broad SMARTS) is 1. The van der Waals surface area contributed by atoms with E-state index in [4.69, 9.17) is 5.11 Å². The number of nitrogens with zero attached hydrogens (tertiary/aromatic N) is 1. The molecule has 1 aromatic carbocycles. The van der Waals surface area contributed by atoms with Crippen LogP contribution >= 0.6 is 0 Å². The third kappa shape index (κ3) is 18.8. The zero-order valence-electron chi connectivity index (χ0n) is 17.7. The lowest BCUT2D eigenvalue weighted by Crippen LogP contribution is -1.93. The van der Waals surface area contributed by atoms with Crippen molar-refractivity contribution in [2.45, 2.75) is 96.8 Å². The van der Waals surface area contributed by atoms with E-state index in [-0.39, 0.29) is 0 Å². The van der Waals surface area contributed by atoms with Crippen molar-refractivity contribution in [2.75, 3.05) is 6.54 Å². The van der Waals surface area contributed by atoms with Crippen LogP contribution in [-0.4, -0.2) is 23.7 Å². The van der Waals surface area contributed by atoms with E-state index < -0.39 is 5.97 Å². The number of benzene rings is 1. The van der Waals surface area contributed by atoms with E-state index in [1.807, 2.05) is 0 Å². The number of carbonyl (C=O) groups excluding carboxylic acids is 1. The van der Waals surface area contributed by atoms with Gasteiger partial charge in [-0.25, -0.2) is 14.6 Å². The van der Waals surface area contributed by atoms with Gasteiger partial charge in [-0.15, -0.1) is 0 Å². The van der Waals surface area contributed by atoms with E-state index >= 15 is 0 Å². The molecule has 0 saturated heterocycles. The molecule has 0 aliphatic carbocycles. The number of rotatable bonds is 16. The Morgan fingerprint density at radius 3 is 1.57 bits per heavy atom. The van der Waals surface area contributed by atoms with Gasteiger partial charge >= 0.3 is 5.97 Å². The summed E-state index contributed by atoms with van der Waals surface area (Å²) in [6.07, 6.45) is 20.7. The van der Waals surface area contributed by atoms with Crippen LogP contribution in [-0.2, 0) is 4.79 Å². The van der Waals surface area contributed by atoms with Gasteiger partial charge in [0.1, 0.15) is 0 Å². The normalized spacial score (nSPS) is 9.89. The lowest BCUT2D eigenvalue weighted by Gasteiger charge is -2.02. The fourth-order valence-corrected chi connectivity index (χ4v) is 3.01. The summed E-state index contributed by atoms with van der Waals surface area (Å²) in [6, 6.07) is 8.30. The van der Waals surface area contributed by atoms with Crippen molar-refractivity contribution in [1.29, 1.82) is 0 Å². The highest BCUT2D eigenvalue weighted by molar-refractivity contribution is 5.87. The maximum absolute atomic E-state index is 10.2. The molecule has 0 saturated carbocycles. The highest BCUT2D eigenvalue weighted by Gasteiger charge is 1.96. The number of aromatic carboxylic acids is 1. The van der Waals surface area contributed by atoms with Crippen molar-refractivity contribution in [3.8, 4) is 0 Å². The smallest absolute Gasteiger partial charge is 0.335 e.